The zero-order chi connectivity index (χ0) is 16.7. The molecule has 4 rings (SSSR count). The third kappa shape index (κ3) is 2.70. The molecule has 0 aliphatic rings. The van der Waals surface area contributed by atoms with Crippen molar-refractivity contribution in [3.8, 4) is 21.8 Å². The first-order valence-electron chi connectivity index (χ1n) is 7.08. The number of nitrogens with zero attached hydrogens (tertiary/aromatic N) is 4. The average Bonchev–Trinajstić information content (AvgIpc) is 3.14. The topological polar surface area (TPSA) is 77.2 Å². The molecule has 0 atom stereocenters. The van der Waals surface area contributed by atoms with Gasteiger partial charge >= 0.3 is 0 Å². The SMILES string of the molecule is CS(=O)(=O)c1nccc(-c2cn3cc(-c4ccccc4)nc3s2)n1. The number of rotatable bonds is 3. The summed E-state index contributed by atoms with van der Waals surface area (Å²) in [6.07, 6.45) is 6.40. The number of hydrogen-bond donors (Lipinski definition) is 0. The molecule has 0 aliphatic heterocycles. The summed E-state index contributed by atoms with van der Waals surface area (Å²) in [5.41, 5.74) is 2.52. The molecule has 8 heteroatoms. The second-order valence-corrected chi connectivity index (χ2v) is 8.19. The molecule has 0 N–H and O–H groups in total. The molecule has 0 radical (unpaired) electrons. The number of thiazole rings is 1. The van der Waals surface area contributed by atoms with Crippen LogP contribution in [0.4, 0.5) is 0 Å². The van der Waals surface area contributed by atoms with Crippen molar-refractivity contribution in [3.05, 3.63) is 55.0 Å². The number of aromatic nitrogens is 4. The summed E-state index contributed by atoms with van der Waals surface area (Å²) >= 11 is 1.45. The second kappa shape index (κ2) is 5.50. The van der Waals surface area contributed by atoms with Crippen molar-refractivity contribution in [2.24, 2.45) is 0 Å². The minimum absolute atomic E-state index is 0.170. The Bertz CT molecular complexity index is 1100. The fourth-order valence-corrected chi connectivity index (χ4v) is 3.77. The molecule has 0 amide bonds. The molecule has 0 aliphatic carbocycles. The van der Waals surface area contributed by atoms with E-state index in [1.165, 1.54) is 17.5 Å². The van der Waals surface area contributed by atoms with E-state index < -0.39 is 9.84 Å². The molecule has 0 saturated carbocycles. The molecule has 0 spiro atoms. The van der Waals surface area contributed by atoms with Gasteiger partial charge in [-0.2, -0.15) is 0 Å². The minimum Gasteiger partial charge on any atom is -0.296 e. The summed E-state index contributed by atoms with van der Waals surface area (Å²) in [7, 11) is -3.43. The van der Waals surface area contributed by atoms with Crippen LogP contribution in [0.5, 0.6) is 0 Å². The molecule has 3 aromatic heterocycles. The standard InChI is InChI=1S/C16H12N4O2S2/c1-24(21,22)15-17-8-7-12(18-15)14-10-20-9-13(19-16(20)23-14)11-5-3-2-4-6-11/h2-10H,1H3. The van der Waals surface area contributed by atoms with Crippen molar-refractivity contribution in [2.75, 3.05) is 6.26 Å². The molecular weight excluding hydrogens is 344 g/mol. The van der Waals surface area contributed by atoms with Crippen molar-refractivity contribution >= 4 is 26.1 Å². The monoisotopic (exact) mass is 356 g/mol. The molecular formula is C16H12N4O2S2. The van der Waals surface area contributed by atoms with Gasteiger partial charge < -0.3 is 0 Å². The molecule has 0 bridgehead atoms. The van der Waals surface area contributed by atoms with Gasteiger partial charge in [0.2, 0.25) is 15.0 Å². The van der Waals surface area contributed by atoms with E-state index in [-0.39, 0.29) is 5.16 Å². The van der Waals surface area contributed by atoms with Crippen LogP contribution in [0.25, 0.3) is 26.8 Å². The highest BCUT2D eigenvalue weighted by Crippen LogP contribution is 2.29. The second-order valence-electron chi connectivity index (χ2n) is 5.27. The van der Waals surface area contributed by atoms with E-state index in [9.17, 15) is 8.42 Å². The number of benzene rings is 1. The van der Waals surface area contributed by atoms with E-state index in [2.05, 4.69) is 15.0 Å². The zero-order valence-electron chi connectivity index (χ0n) is 12.6. The van der Waals surface area contributed by atoms with Gasteiger partial charge in [-0.3, -0.25) is 4.40 Å². The predicted molar refractivity (Wildman–Crippen MR) is 92.6 cm³/mol. The quantitative estimate of drug-likeness (QED) is 0.528. The molecule has 24 heavy (non-hydrogen) atoms. The molecule has 1 aromatic carbocycles. The Hall–Kier alpha value is -2.58. The summed E-state index contributed by atoms with van der Waals surface area (Å²) in [6, 6.07) is 11.6. The maximum atomic E-state index is 11.6. The number of sulfone groups is 1. The Balaban J connectivity index is 1.76. The minimum atomic E-state index is -3.43. The molecule has 0 unspecified atom stereocenters. The average molecular weight is 356 g/mol. The van der Waals surface area contributed by atoms with Crippen LogP contribution in [0, 0.1) is 0 Å². The smallest absolute Gasteiger partial charge is 0.247 e. The Kier molecular flexibility index (Phi) is 3.43. The molecule has 3 heterocycles. The van der Waals surface area contributed by atoms with Crippen LogP contribution >= 0.6 is 11.3 Å². The highest BCUT2D eigenvalue weighted by molar-refractivity contribution is 7.90. The van der Waals surface area contributed by atoms with Crippen LogP contribution in [0.2, 0.25) is 0 Å². The van der Waals surface area contributed by atoms with E-state index in [0.717, 1.165) is 27.4 Å². The predicted octanol–water partition coefficient (Wildman–Crippen LogP) is 2.92. The van der Waals surface area contributed by atoms with Crippen LogP contribution < -0.4 is 0 Å². The molecule has 4 aromatic rings. The van der Waals surface area contributed by atoms with E-state index in [4.69, 9.17) is 0 Å². The van der Waals surface area contributed by atoms with Crippen LogP contribution in [0.3, 0.4) is 0 Å². The van der Waals surface area contributed by atoms with Crippen molar-refractivity contribution < 1.29 is 8.42 Å². The Labute approximate surface area is 142 Å². The van der Waals surface area contributed by atoms with Crippen LogP contribution in [0.1, 0.15) is 0 Å². The summed E-state index contributed by atoms with van der Waals surface area (Å²) in [5, 5.41) is -0.170. The lowest BCUT2D eigenvalue weighted by Gasteiger charge is -1.99. The summed E-state index contributed by atoms with van der Waals surface area (Å²) < 4.78 is 25.1. The first-order chi connectivity index (χ1) is 11.5. The van der Waals surface area contributed by atoms with E-state index >= 15 is 0 Å². The van der Waals surface area contributed by atoms with Gasteiger partial charge in [0.05, 0.1) is 16.3 Å². The molecule has 0 fully saturated rings. The summed E-state index contributed by atoms with van der Waals surface area (Å²) in [4.78, 5) is 14.2. The van der Waals surface area contributed by atoms with E-state index in [0.29, 0.717) is 5.69 Å². The van der Waals surface area contributed by atoms with Gasteiger partial charge in [0, 0.05) is 30.4 Å². The first kappa shape index (κ1) is 15.0. The van der Waals surface area contributed by atoms with Crippen molar-refractivity contribution in [2.45, 2.75) is 5.16 Å². The van der Waals surface area contributed by atoms with E-state index in [1.807, 2.05) is 47.1 Å². The summed E-state index contributed by atoms with van der Waals surface area (Å²) in [6.45, 7) is 0. The summed E-state index contributed by atoms with van der Waals surface area (Å²) in [5.74, 6) is 0. The van der Waals surface area contributed by atoms with Gasteiger partial charge in [0.25, 0.3) is 0 Å². The molecule has 0 saturated heterocycles. The van der Waals surface area contributed by atoms with Gasteiger partial charge in [0.1, 0.15) is 0 Å². The van der Waals surface area contributed by atoms with Gasteiger partial charge in [-0.05, 0) is 6.07 Å². The van der Waals surface area contributed by atoms with Gasteiger partial charge in [-0.1, -0.05) is 41.7 Å². The largest absolute Gasteiger partial charge is 0.296 e. The maximum Gasteiger partial charge on any atom is 0.247 e. The first-order valence-corrected chi connectivity index (χ1v) is 9.79. The lowest BCUT2D eigenvalue weighted by Crippen LogP contribution is -2.03. The van der Waals surface area contributed by atoms with Crippen molar-refractivity contribution in [1.29, 1.82) is 0 Å². The Morgan fingerprint density at radius 2 is 1.79 bits per heavy atom. The number of imidazole rings is 1. The van der Waals surface area contributed by atoms with Crippen LogP contribution in [0.15, 0.2) is 60.1 Å². The third-order valence-electron chi connectivity index (χ3n) is 3.44. The van der Waals surface area contributed by atoms with Crippen LogP contribution in [-0.4, -0.2) is 34.0 Å². The highest BCUT2D eigenvalue weighted by atomic mass is 32.2. The lowest BCUT2D eigenvalue weighted by molar-refractivity contribution is 0.593. The maximum absolute atomic E-state index is 11.6. The fraction of sp³-hybridized carbons (Fsp3) is 0.0625. The lowest BCUT2D eigenvalue weighted by atomic mass is 10.2. The fourth-order valence-electron chi connectivity index (χ4n) is 2.32. The Morgan fingerprint density at radius 3 is 2.50 bits per heavy atom. The Morgan fingerprint density at radius 1 is 1.00 bits per heavy atom. The van der Waals surface area contributed by atoms with Gasteiger partial charge in [-0.25, -0.2) is 23.4 Å². The highest BCUT2D eigenvalue weighted by Gasteiger charge is 2.14. The van der Waals surface area contributed by atoms with E-state index in [1.54, 1.807) is 6.07 Å². The number of fused-ring (bicyclic) bond motifs is 1. The molecule has 6 nitrogen and oxygen atoms in total. The van der Waals surface area contributed by atoms with Crippen LogP contribution in [-0.2, 0) is 9.84 Å². The van der Waals surface area contributed by atoms with Gasteiger partial charge in [0.15, 0.2) is 4.96 Å². The van der Waals surface area contributed by atoms with Crippen molar-refractivity contribution in [1.82, 2.24) is 19.4 Å². The zero-order valence-corrected chi connectivity index (χ0v) is 14.3. The normalized spacial score (nSPS) is 11.9. The third-order valence-corrected chi connectivity index (χ3v) is 5.32. The molecule has 120 valence electrons. The van der Waals surface area contributed by atoms with Gasteiger partial charge in [-0.15, -0.1) is 0 Å². The number of hydrogen-bond acceptors (Lipinski definition) is 6. The van der Waals surface area contributed by atoms with Crippen molar-refractivity contribution in [3.63, 3.8) is 0 Å².